The molecule has 0 spiro atoms. The molecule has 15 aromatic rings. The van der Waals surface area contributed by atoms with Gasteiger partial charge in [-0.25, -0.2) is 31.9 Å². The van der Waals surface area contributed by atoms with E-state index in [-0.39, 0.29) is 112 Å². The van der Waals surface area contributed by atoms with E-state index in [2.05, 4.69) is 88.5 Å². The predicted octanol–water partition coefficient (Wildman–Crippen LogP) is 20.3. The molecule has 0 saturated heterocycles. The molecule has 4 aromatic heterocycles. The Morgan fingerprint density at radius 1 is 0.565 bits per heavy atom. The van der Waals surface area contributed by atoms with Gasteiger partial charge in [0, 0.05) is 129 Å². The van der Waals surface area contributed by atoms with Gasteiger partial charge < -0.3 is 33.6 Å². The standard InChI is InChI=1S/C25H19F4N3O.C14H10BrFN2O3.C14H10BrFN2.C11H8F3NO.C8H8FNO.C6H3BrFNO2.C6H6FN.C4H9.C2H3ClO.2ClH.Li.Na.Sn.H/c1-15-30-21-13-16(7-12-23(21)32(15)18-10-8-17(26)9-11-18)24(33,25(27,28)29)20-14-31(2)22-6-4-3-5-19(20)22;1-9(19)17(12-5-3-11(16)4-6-12)13-7-2-10(15)8-14(13)18(20)21;1-9-17-13-8-10(15)2-7-14(13)18(9)12-5-3-11(16)4-6-12;1-15-6-8(10(16)11(12,13)14)7-4-2-3-5-9(7)15;1-6(11)10-8-4-2-7(9)3-5-8;7-4-1-2-5(8)6(3-4)9(10)11;7-5-1-3-6(8)4-2-5;1-3-4-2;1-2(3)4;;;;;;/h3-14,33H,1-2H3;2-8H,1H3;2-8H,1H3;2-6H,1H3;2-5H,1H3,(H,10,11);1-3H;1-4H,8H2;1,3-4H2,2H3;1H3;2*1H;;;;/q;;;;;;;-1;;;;2*+1;+2;-1/p-2. The molecule has 678 valence electrons. The van der Waals surface area contributed by atoms with Gasteiger partial charge in [0.2, 0.25) is 28.5 Å². The Balaban J connectivity index is 0.000000403. The van der Waals surface area contributed by atoms with Gasteiger partial charge in [-0.3, -0.25) is 53.4 Å². The number of halogens is 18. The van der Waals surface area contributed by atoms with Crippen molar-refractivity contribution in [2.75, 3.05) is 16.0 Å². The van der Waals surface area contributed by atoms with Crippen LogP contribution >= 0.6 is 77.2 Å². The first-order valence-electron chi connectivity index (χ1n) is 37.4. The fourth-order valence-corrected chi connectivity index (χ4v) is 13.0. The number of hydrogen-bond acceptors (Lipinski definition) is 12. The number of nitrogens with one attached hydrogen (secondary N) is 1. The van der Waals surface area contributed by atoms with Crippen molar-refractivity contribution >= 4 is 197 Å². The Labute approximate surface area is 826 Å². The maximum atomic E-state index is 14.5. The van der Waals surface area contributed by atoms with Crippen LogP contribution in [0.1, 0.15) is 75.1 Å². The number of Topliss-reactive ketones (excluding diaryl/α,β-unsaturated/α-hetero) is 1. The van der Waals surface area contributed by atoms with Crippen LogP contribution in [0.4, 0.5) is 86.8 Å². The summed E-state index contributed by atoms with van der Waals surface area (Å²) >= 11 is 13.4. The second-order valence-corrected chi connectivity index (χ2v) is 34.4. The van der Waals surface area contributed by atoms with E-state index in [0.717, 1.165) is 45.6 Å². The van der Waals surface area contributed by atoms with Crippen molar-refractivity contribution in [3.63, 3.8) is 0 Å². The summed E-state index contributed by atoms with van der Waals surface area (Å²) in [6.07, 6.45) is -5.02. The average Bonchev–Trinajstić information content (AvgIpc) is 1.55. The number of para-hydroxylation sites is 2. The maximum Gasteiger partial charge on any atom is 1.00 e. The molecule has 4 heterocycles. The number of amides is 2. The fraction of sp³-hybridized carbons (Fsp3) is 0.144. The minimum atomic E-state index is -4.99. The van der Waals surface area contributed by atoms with Gasteiger partial charge in [-0.15, -0.1) is 0 Å². The second kappa shape index (κ2) is 53.1. The number of fused-ring (bicyclic) bond motifs is 4. The van der Waals surface area contributed by atoms with Crippen LogP contribution in [0.2, 0.25) is 0 Å². The monoisotopic (exact) mass is 2180 g/mol. The number of carbonyl (C=O) groups excluding carboxylic acids is 4. The Hall–Kier alpha value is -9.85. The molecule has 0 bridgehead atoms. The molecule has 41 heteroatoms. The largest absolute Gasteiger partial charge is 1.00 e. The minimum Gasteiger partial charge on any atom is -1.00 e. The van der Waals surface area contributed by atoms with E-state index in [9.17, 15) is 97.2 Å². The summed E-state index contributed by atoms with van der Waals surface area (Å²) in [6.45, 7) is 13.4. The van der Waals surface area contributed by atoms with E-state index in [0.29, 0.717) is 64.8 Å². The molecular formula is C90H77Br3Cl3F12LiN11NaO9Sn. The van der Waals surface area contributed by atoms with Crippen molar-refractivity contribution in [2.45, 2.75) is 72.3 Å². The zero-order valence-corrected chi connectivity index (χ0v) is 82.9. The molecule has 15 rings (SSSR count). The number of anilines is 4. The number of hydrogen-bond donors (Lipinski definition) is 3. The van der Waals surface area contributed by atoms with E-state index < -0.39 is 81.5 Å². The number of unbranched alkanes of at least 4 members (excludes halogenated alkanes) is 1. The number of nitrogen functional groups attached to an aromatic ring is 1. The van der Waals surface area contributed by atoms with Crippen LogP contribution in [0.5, 0.6) is 0 Å². The maximum absolute atomic E-state index is 14.5. The van der Waals surface area contributed by atoms with Gasteiger partial charge in [0.05, 0.1) is 37.5 Å². The first-order chi connectivity index (χ1) is 60.7. The third-order valence-corrected chi connectivity index (χ3v) is 19.0. The summed E-state index contributed by atoms with van der Waals surface area (Å²) in [5.74, 6) is -3.42. The van der Waals surface area contributed by atoms with E-state index in [4.69, 9.17) is 23.6 Å². The van der Waals surface area contributed by atoms with Crippen molar-refractivity contribution in [2.24, 2.45) is 14.1 Å². The molecule has 131 heavy (non-hydrogen) atoms. The molecule has 1 unspecified atom stereocenters. The summed E-state index contributed by atoms with van der Waals surface area (Å²) in [7, 11) is 13.1. The third-order valence-electron chi connectivity index (χ3n) is 17.6. The number of nitro benzene ring substituents is 2. The van der Waals surface area contributed by atoms with Crippen molar-refractivity contribution in [1.29, 1.82) is 0 Å². The number of aliphatic hydroxyl groups is 1. The van der Waals surface area contributed by atoms with Crippen LogP contribution in [0.3, 0.4) is 0 Å². The Kier molecular flexibility index (Phi) is 46.0. The van der Waals surface area contributed by atoms with Crippen LogP contribution in [-0.2, 0) is 34.1 Å². The first-order valence-corrected chi connectivity index (χ1v) is 47.4. The molecule has 2 radical (unpaired) electrons. The van der Waals surface area contributed by atoms with Crippen molar-refractivity contribution in [3.8, 4) is 11.4 Å². The van der Waals surface area contributed by atoms with Gasteiger partial charge in [-0.1, -0.05) is 104 Å². The Morgan fingerprint density at radius 2 is 0.947 bits per heavy atom. The molecule has 0 saturated carbocycles. The number of carbonyl (C=O) groups is 4. The number of alkyl halides is 6. The number of rotatable bonds is 11. The van der Waals surface area contributed by atoms with Gasteiger partial charge in [0.1, 0.15) is 46.4 Å². The molecule has 1 atom stereocenters. The summed E-state index contributed by atoms with van der Waals surface area (Å²) in [5, 5.41) is 35.4. The second-order valence-electron chi connectivity index (χ2n) is 26.9. The van der Waals surface area contributed by atoms with Gasteiger partial charge >= 0.3 is 103 Å². The predicted molar refractivity (Wildman–Crippen MR) is 492 cm³/mol. The van der Waals surface area contributed by atoms with Crippen LogP contribution < -0.4 is 64.4 Å². The van der Waals surface area contributed by atoms with Gasteiger partial charge in [-0.05, 0) is 219 Å². The third kappa shape index (κ3) is 32.8. The minimum absolute atomic E-state index is 0. The molecule has 4 N–H and O–H groups in total. The normalized spacial score (nSPS) is 10.9. The van der Waals surface area contributed by atoms with E-state index in [1.165, 1.54) is 189 Å². The summed E-state index contributed by atoms with van der Waals surface area (Å²) in [5.41, 5.74) is 7.59. The number of imidazole rings is 2. The van der Waals surface area contributed by atoms with E-state index in [1.54, 1.807) is 103 Å². The van der Waals surface area contributed by atoms with Crippen LogP contribution in [0.15, 0.2) is 268 Å². The number of nitrogens with two attached hydrogens (primary N) is 1. The van der Waals surface area contributed by atoms with Crippen LogP contribution in [-0.4, -0.2) is 97.3 Å². The number of aromatic nitrogens is 6. The molecule has 2 amide bonds. The van der Waals surface area contributed by atoms with Gasteiger partial charge in [0.25, 0.3) is 11.5 Å². The first kappa shape index (κ1) is 113. The number of nitro groups is 2. The SMILES string of the molecule is CC(=O)Cl.CC(=O)N(c1ccc(F)cc1)c1ccc(Br)cc1[N+](=O)[O-].CC(=O)Nc1ccc(F)cc1.Cc1nc2cc(Br)ccc2n1-c1ccc(F)cc1.Cc1nc2cc(C(O)(c3cn(C)c4ccccc34)C(F)(F)F)ccc2n1-c1ccc(F)cc1.Cn1cc(C(=O)C(F)(F)F)c2ccccc21.Nc1ccc(F)cc1.O=[N+]([O-])c1cc(Br)ccc1F.[CH2-]CCC.[Cl][Sn][Cl].[H-].[Li+].[Na+]. The fourth-order valence-electron chi connectivity index (χ4n) is 11.9. The van der Waals surface area contributed by atoms with Crippen molar-refractivity contribution in [3.05, 3.63) is 359 Å². The molecule has 0 aliphatic heterocycles. The zero-order chi connectivity index (χ0) is 96.1. The Bertz CT molecular complexity index is 6360. The zero-order valence-electron chi connectivity index (χ0n) is 72.0. The van der Waals surface area contributed by atoms with Crippen LogP contribution in [0.25, 0.3) is 55.2 Å². The molecule has 11 aromatic carbocycles. The molecule has 0 fully saturated rings. The van der Waals surface area contributed by atoms with E-state index in [1.807, 2.05) is 29.7 Å². The van der Waals surface area contributed by atoms with Crippen molar-refractivity contribution < 1.29 is 137 Å². The molecule has 0 aliphatic rings. The quantitative estimate of drug-likeness (QED) is 0.0160. The molecular weight excluding hydrogens is 2100 g/mol. The van der Waals surface area contributed by atoms with Gasteiger partial charge in [0.15, 0.2) is 0 Å². The smallest absolute Gasteiger partial charge is 1.00 e. The Morgan fingerprint density at radius 3 is 1.37 bits per heavy atom. The summed E-state index contributed by atoms with van der Waals surface area (Å²) in [6, 6.07) is 59.7. The number of aryl methyl sites for hydroxylation is 4. The van der Waals surface area contributed by atoms with Gasteiger partial charge in [-0.2, -0.15) is 37.2 Å². The molecule has 0 aliphatic carbocycles. The van der Waals surface area contributed by atoms with Crippen LogP contribution in [0, 0.1) is 75.9 Å². The van der Waals surface area contributed by atoms with Crippen molar-refractivity contribution in [1.82, 2.24) is 28.2 Å². The summed E-state index contributed by atoms with van der Waals surface area (Å²) in [4.78, 5) is 72.8. The van der Waals surface area contributed by atoms with E-state index >= 15 is 0 Å². The number of nitrogens with zero attached hydrogens (tertiary/aromatic N) is 9. The molecule has 20 nitrogen and oxygen atoms in total. The topological polar surface area (TPSA) is 262 Å². The summed E-state index contributed by atoms with van der Waals surface area (Å²) < 4.78 is 165. The number of ketones is 1. The average molecular weight is 2180 g/mol. The number of benzene rings is 11.